The van der Waals surface area contributed by atoms with Gasteiger partial charge in [0.2, 0.25) is 0 Å². The number of cyclic esters (lactones) is 1. The zero-order chi connectivity index (χ0) is 27.4. The van der Waals surface area contributed by atoms with Crippen molar-refractivity contribution in [1.29, 1.82) is 0 Å². The molecule has 1 fully saturated rings. The normalized spacial score (nSPS) is 18.8. The van der Waals surface area contributed by atoms with Gasteiger partial charge in [0.1, 0.15) is 5.60 Å². The number of nitrogens with one attached hydrogen (secondary N) is 1. The van der Waals surface area contributed by atoms with E-state index < -0.39 is 22.8 Å². The van der Waals surface area contributed by atoms with Crippen molar-refractivity contribution in [3.8, 4) is 11.8 Å². The van der Waals surface area contributed by atoms with E-state index in [-0.39, 0.29) is 12.1 Å². The zero-order valence-corrected chi connectivity index (χ0v) is 23.0. The fraction of sp³-hybridized carbons (Fsp3) is 0.467. The molecule has 0 radical (unpaired) electrons. The lowest BCUT2D eigenvalue weighted by molar-refractivity contribution is -0.101. The van der Waals surface area contributed by atoms with Gasteiger partial charge in [-0.2, -0.15) is 0 Å². The number of hydrogen-bond donors (Lipinski definition) is 2. The van der Waals surface area contributed by atoms with Gasteiger partial charge in [0.25, 0.3) is 0 Å². The summed E-state index contributed by atoms with van der Waals surface area (Å²) in [5.74, 6) is 6.23. The first-order valence-electron chi connectivity index (χ1n) is 12.6. The van der Waals surface area contributed by atoms with Crippen molar-refractivity contribution >= 4 is 12.1 Å². The van der Waals surface area contributed by atoms with E-state index in [9.17, 15) is 14.7 Å². The highest BCUT2D eigenvalue weighted by Gasteiger charge is 2.46. The predicted molar refractivity (Wildman–Crippen MR) is 145 cm³/mol. The SMILES string of the molecule is CC(c1ccc(C#CC(C)(C)NC(=O)N(C)C)cc1)N1CCC(CC(C)(C)O)(c2ccccc2)OC1=O. The largest absolute Gasteiger partial charge is 0.438 e. The highest BCUT2D eigenvalue weighted by atomic mass is 16.6. The first kappa shape index (κ1) is 28.1. The van der Waals surface area contributed by atoms with Crippen molar-refractivity contribution in [2.45, 2.75) is 70.2 Å². The molecule has 0 bridgehead atoms. The van der Waals surface area contributed by atoms with Gasteiger partial charge in [-0.25, -0.2) is 9.59 Å². The minimum atomic E-state index is -0.995. The maximum Gasteiger partial charge on any atom is 0.411 e. The van der Waals surface area contributed by atoms with Crippen molar-refractivity contribution in [2.24, 2.45) is 0 Å². The molecule has 1 aliphatic rings. The van der Waals surface area contributed by atoms with Gasteiger partial charge in [-0.3, -0.25) is 0 Å². The molecule has 2 atom stereocenters. The Morgan fingerprint density at radius 2 is 1.76 bits per heavy atom. The number of benzene rings is 2. The molecular formula is C30H39N3O4. The number of hydrogen-bond acceptors (Lipinski definition) is 4. The quantitative estimate of drug-likeness (QED) is 0.539. The molecule has 3 amide bonds. The fourth-order valence-corrected chi connectivity index (χ4v) is 4.56. The van der Waals surface area contributed by atoms with Crippen LogP contribution >= 0.6 is 0 Å². The Balaban J connectivity index is 1.73. The molecule has 2 aromatic rings. The summed E-state index contributed by atoms with van der Waals surface area (Å²) in [5, 5.41) is 13.5. The Bertz CT molecular complexity index is 1160. The number of aliphatic hydroxyl groups is 1. The Kier molecular flexibility index (Phi) is 8.24. The summed E-state index contributed by atoms with van der Waals surface area (Å²) in [6, 6.07) is 17.0. The third kappa shape index (κ3) is 7.27. The molecule has 2 aromatic carbocycles. The number of nitrogens with zero attached hydrogens (tertiary/aromatic N) is 2. The minimum absolute atomic E-state index is 0.193. The Hall–Kier alpha value is -3.50. The summed E-state index contributed by atoms with van der Waals surface area (Å²) in [5.41, 5.74) is 0.130. The molecule has 0 aliphatic carbocycles. The van der Waals surface area contributed by atoms with Gasteiger partial charge in [-0.15, -0.1) is 0 Å². The molecule has 7 heteroatoms. The lowest BCUT2D eigenvalue weighted by Gasteiger charge is -2.45. The average molecular weight is 506 g/mol. The Labute approximate surface area is 220 Å². The number of rotatable bonds is 6. The van der Waals surface area contributed by atoms with Gasteiger partial charge in [0.15, 0.2) is 0 Å². The highest BCUT2D eigenvalue weighted by Crippen LogP contribution is 2.42. The number of carbonyl (C=O) groups excluding carboxylic acids is 2. The van der Waals surface area contributed by atoms with Crippen molar-refractivity contribution in [2.75, 3.05) is 20.6 Å². The fourth-order valence-electron chi connectivity index (χ4n) is 4.56. The van der Waals surface area contributed by atoms with Crippen molar-refractivity contribution < 1.29 is 19.4 Å². The van der Waals surface area contributed by atoms with Crippen molar-refractivity contribution in [1.82, 2.24) is 15.1 Å². The van der Waals surface area contributed by atoms with E-state index in [1.54, 1.807) is 32.8 Å². The molecule has 2 N–H and O–H groups in total. The number of amides is 3. The number of ether oxygens (including phenoxy) is 1. The number of urea groups is 1. The summed E-state index contributed by atoms with van der Waals surface area (Å²) < 4.78 is 6.11. The molecule has 1 saturated heterocycles. The Morgan fingerprint density at radius 3 is 2.30 bits per heavy atom. The van der Waals surface area contributed by atoms with Crippen LogP contribution in [0.2, 0.25) is 0 Å². The monoisotopic (exact) mass is 505 g/mol. The van der Waals surface area contributed by atoms with E-state index in [0.29, 0.717) is 19.4 Å². The topological polar surface area (TPSA) is 82.1 Å². The molecule has 7 nitrogen and oxygen atoms in total. The van der Waals surface area contributed by atoms with Crippen molar-refractivity contribution in [3.05, 3.63) is 71.3 Å². The van der Waals surface area contributed by atoms with E-state index in [4.69, 9.17) is 4.74 Å². The smallest absolute Gasteiger partial charge is 0.411 e. The maximum atomic E-state index is 13.3. The van der Waals surface area contributed by atoms with E-state index in [1.807, 2.05) is 75.4 Å². The minimum Gasteiger partial charge on any atom is -0.438 e. The average Bonchev–Trinajstić information content (AvgIpc) is 2.82. The standard InChI is InChI=1S/C30H39N3O4/c1-22(24-15-13-23(14-16-24)17-18-28(2,3)31-26(34)32(6)7)33-20-19-30(37-27(33)35,21-29(4,5)36)25-11-9-8-10-12-25/h8-16,22,36H,19-21H2,1-7H3,(H,31,34). The van der Waals surface area contributed by atoms with Crippen LogP contribution < -0.4 is 5.32 Å². The summed E-state index contributed by atoms with van der Waals surface area (Å²) in [6.45, 7) is 9.67. The lowest BCUT2D eigenvalue weighted by atomic mass is 9.80. The molecule has 0 saturated carbocycles. The van der Waals surface area contributed by atoms with Crippen LogP contribution in [0.1, 0.15) is 70.2 Å². The van der Waals surface area contributed by atoms with Gasteiger partial charge in [-0.05, 0) is 57.9 Å². The van der Waals surface area contributed by atoms with Crippen LogP contribution in [-0.2, 0) is 10.3 Å². The Morgan fingerprint density at radius 1 is 1.14 bits per heavy atom. The van der Waals surface area contributed by atoms with Gasteiger partial charge in [-0.1, -0.05) is 54.3 Å². The molecule has 198 valence electrons. The van der Waals surface area contributed by atoms with Crippen LogP contribution in [0.5, 0.6) is 0 Å². The van der Waals surface area contributed by atoms with E-state index >= 15 is 0 Å². The van der Waals surface area contributed by atoms with Gasteiger partial charge >= 0.3 is 12.1 Å². The van der Waals surface area contributed by atoms with E-state index in [1.165, 1.54) is 4.90 Å². The van der Waals surface area contributed by atoms with Gasteiger partial charge in [0, 0.05) is 39.0 Å². The van der Waals surface area contributed by atoms with Crippen LogP contribution in [0.25, 0.3) is 0 Å². The van der Waals surface area contributed by atoms with Gasteiger partial charge in [0.05, 0.1) is 17.2 Å². The van der Waals surface area contributed by atoms with Crippen LogP contribution in [0, 0.1) is 11.8 Å². The van der Waals surface area contributed by atoms with Crippen LogP contribution in [0.15, 0.2) is 54.6 Å². The predicted octanol–water partition coefficient (Wildman–Crippen LogP) is 5.05. The molecular weight excluding hydrogens is 466 g/mol. The van der Waals surface area contributed by atoms with E-state index in [2.05, 4.69) is 17.2 Å². The molecule has 1 heterocycles. The first-order chi connectivity index (χ1) is 17.2. The molecule has 2 unspecified atom stereocenters. The second-order valence-corrected chi connectivity index (χ2v) is 11.2. The second-order valence-electron chi connectivity index (χ2n) is 11.2. The van der Waals surface area contributed by atoms with Gasteiger partial charge < -0.3 is 25.0 Å². The van der Waals surface area contributed by atoms with Crippen LogP contribution in [0.3, 0.4) is 0 Å². The van der Waals surface area contributed by atoms with Crippen molar-refractivity contribution in [3.63, 3.8) is 0 Å². The zero-order valence-electron chi connectivity index (χ0n) is 23.0. The third-order valence-corrected chi connectivity index (χ3v) is 6.50. The molecule has 0 spiro atoms. The summed E-state index contributed by atoms with van der Waals surface area (Å²) >= 11 is 0. The summed E-state index contributed by atoms with van der Waals surface area (Å²) in [6.07, 6.45) is 0.500. The van der Waals surface area contributed by atoms with E-state index in [0.717, 1.165) is 16.7 Å². The van der Waals surface area contributed by atoms with Crippen LogP contribution in [-0.4, -0.2) is 58.8 Å². The maximum absolute atomic E-state index is 13.3. The summed E-state index contributed by atoms with van der Waals surface area (Å²) in [4.78, 5) is 28.4. The number of carbonyl (C=O) groups is 2. The highest BCUT2D eigenvalue weighted by molar-refractivity contribution is 5.75. The third-order valence-electron chi connectivity index (χ3n) is 6.50. The lowest BCUT2D eigenvalue weighted by Crippen LogP contribution is -2.51. The second kappa shape index (κ2) is 10.9. The first-order valence-corrected chi connectivity index (χ1v) is 12.6. The molecule has 1 aliphatic heterocycles. The van der Waals surface area contributed by atoms with Crippen LogP contribution in [0.4, 0.5) is 9.59 Å². The molecule has 3 rings (SSSR count). The molecule has 37 heavy (non-hydrogen) atoms. The molecule has 0 aromatic heterocycles. The summed E-state index contributed by atoms with van der Waals surface area (Å²) in [7, 11) is 3.37.